The van der Waals surface area contributed by atoms with Crippen LogP contribution in [0.1, 0.15) is 44.9 Å². The van der Waals surface area contributed by atoms with Crippen LogP contribution < -0.4 is 10.6 Å². The van der Waals surface area contributed by atoms with E-state index in [1.807, 2.05) is 43.3 Å². The lowest BCUT2D eigenvalue weighted by Crippen LogP contribution is -2.27. The van der Waals surface area contributed by atoms with Crippen LogP contribution >= 0.6 is 0 Å². The van der Waals surface area contributed by atoms with Crippen molar-refractivity contribution in [3.8, 4) is 6.07 Å². The van der Waals surface area contributed by atoms with Crippen molar-refractivity contribution >= 4 is 17.5 Å². The summed E-state index contributed by atoms with van der Waals surface area (Å²) in [6.07, 6.45) is 1.43. The number of amides is 2. The Morgan fingerprint density at radius 3 is 2.39 bits per heavy atom. The first kappa shape index (κ1) is 18.8. The van der Waals surface area contributed by atoms with Gasteiger partial charge in [-0.3, -0.25) is 14.6 Å². The maximum Gasteiger partial charge on any atom is 0.270 e. The van der Waals surface area contributed by atoms with Crippen molar-refractivity contribution in [3.05, 3.63) is 95.3 Å². The predicted octanol–water partition coefficient (Wildman–Crippen LogP) is 3.70. The fraction of sp³-hybridized carbons (Fsp3) is 0.0909. The molecule has 1 unspecified atom stereocenters. The molecule has 0 aliphatic heterocycles. The number of nitrogens with zero attached hydrogens (tertiary/aromatic N) is 2. The third-order valence-corrected chi connectivity index (χ3v) is 4.17. The molecule has 138 valence electrons. The molecule has 1 aromatic heterocycles. The number of pyridine rings is 1. The average molecular weight is 370 g/mol. The molecule has 28 heavy (non-hydrogen) atoms. The lowest BCUT2D eigenvalue weighted by Gasteiger charge is -2.14. The van der Waals surface area contributed by atoms with Crippen molar-refractivity contribution < 1.29 is 9.59 Å². The van der Waals surface area contributed by atoms with Gasteiger partial charge < -0.3 is 10.6 Å². The van der Waals surface area contributed by atoms with Crippen LogP contribution in [0.4, 0.5) is 5.69 Å². The number of aromatic nitrogens is 1. The number of nitriles is 1. The lowest BCUT2D eigenvalue weighted by molar-refractivity contribution is 0.0935. The monoisotopic (exact) mass is 370 g/mol. The summed E-state index contributed by atoms with van der Waals surface area (Å²) in [4.78, 5) is 29.0. The van der Waals surface area contributed by atoms with Crippen LogP contribution in [0.3, 0.4) is 0 Å². The van der Waals surface area contributed by atoms with E-state index in [9.17, 15) is 9.59 Å². The zero-order valence-electron chi connectivity index (χ0n) is 15.2. The van der Waals surface area contributed by atoms with E-state index in [0.717, 1.165) is 5.56 Å². The highest BCUT2D eigenvalue weighted by Crippen LogP contribution is 2.14. The molecule has 1 atom stereocenters. The highest BCUT2D eigenvalue weighted by molar-refractivity contribution is 6.05. The molecule has 0 saturated carbocycles. The van der Waals surface area contributed by atoms with Crippen molar-refractivity contribution in [1.82, 2.24) is 10.3 Å². The van der Waals surface area contributed by atoms with Crippen molar-refractivity contribution in [2.45, 2.75) is 13.0 Å². The number of nitrogens with one attached hydrogen (secondary N) is 2. The van der Waals surface area contributed by atoms with Crippen molar-refractivity contribution in [2.24, 2.45) is 0 Å². The molecule has 2 aromatic carbocycles. The second kappa shape index (κ2) is 8.60. The maximum atomic E-state index is 12.5. The molecule has 2 amide bonds. The summed E-state index contributed by atoms with van der Waals surface area (Å²) in [6, 6.07) is 20.9. The lowest BCUT2D eigenvalue weighted by atomic mass is 10.1. The molecule has 0 saturated heterocycles. The predicted molar refractivity (Wildman–Crippen MR) is 106 cm³/mol. The summed E-state index contributed by atoms with van der Waals surface area (Å²) in [5.74, 6) is -0.721. The molecular formula is C22H18N4O2. The molecule has 0 aliphatic rings. The quantitative estimate of drug-likeness (QED) is 0.716. The van der Waals surface area contributed by atoms with Gasteiger partial charge in [0.2, 0.25) is 0 Å². The van der Waals surface area contributed by atoms with Crippen LogP contribution in [0.2, 0.25) is 0 Å². The van der Waals surface area contributed by atoms with E-state index in [0.29, 0.717) is 16.8 Å². The Hall–Kier alpha value is -3.98. The van der Waals surface area contributed by atoms with Gasteiger partial charge in [0, 0.05) is 17.4 Å². The highest BCUT2D eigenvalue weighted by atomic mass is 16.2. The Kier molecular flexibility index (Phi) is 5.78. The zero-order chi connectivity index (χ0) is 19.9. The van der Waals surface area contributed by atoms with Crippen molar-refractivity contribution in [2.75, 3.05) is 5.32 Å². The summed E-state index contributed by atoms with van der Waals surface area (Å²) >= 11 is 0. The van der Waals surface area contributed by atoms with Gasteiger partial charge in [-0.05, 0) is 48.9 Å². The number of rotatable bonds is 5. The first-order valence-corrected chi connectivity index (χ1v) is 8.70. The SMILES string of the molecule is CC(NC(=O)c1cc(C(=O)Nc2ccc(C#N)cc2)ccn1)c1ccccc1. The Morgan fingerprint density at radius 2 is 1.71 bits per heavy atom. The molecule has 2 N–H and O–H groups in total. The summed E-state index contributed by atoms with van der Waals surface area (Å²) in [6.45, 7) is 1.88. The largest absolute Gasteiger partial charge is 0.344 e. The first-order valence-electron chi connectivity index (χ1n) is 8.70. The number of hydrogen-bond acceptors (Lipinski definition) is 4. The molecule has 6 heteroatoms. The molecule has 0 fully saturated rings. The van der Waals surface area contributed by atoms with Gasteiger partial charge in [-0.15, -0.1) is 0 Å². The Balaban J connectivity index is 1.69. The number of carbonyl (C=O) groups excluding carboxylic acids is 2. The van der Waals surface area contributed by atoms with Gasteiger partial charge in [0.15, 0.2) is 0 Å². The van der Waals surface area contributed by atoms with E-state index in [-0.39, 0.29) is 23.6 Å². The summed E-state index contributed by atoms with van der Waals surface area (Å²) in [5, 5.41) is 14.4. The molecule has 0 radical (unpaired) electrons. The Bertz CT molecular complexity index is 1020. The zero-order valence-corrected chi connectivity index (χ0v) is 15.2. The average Bonchev–Trinajstić information content (AvgIpc) is 2.75. The summed E-state index contributed by atoms with van der Waals surface area (Å²) < 4.78 is 0. The Morgan fingerprint density at radius 1 is 1.00 bits per heavy atom. The highest BCUT2D eigenvalue weighted by Gasteiger charge is 2.15. The second-order valence-electron chi connectivity index (χ2n) is 6.18. The van der Waals surface area contributed by atoms with Crippen LogP contribution in [0.25, 0.3) is 0 Å². The maximum absolute atomic E-state index is 12.5. The van der Waals surface area contributed by atoms with Crippen molar-refractivity contribution in [3.63, 3.8) is 0 Å². The second-order valence-corrected chi connectivity index (χ2v) is 6.18. The minimum Gasteiger partial charge on any atom is -0.344 e. The molecule has 6 nitrogen and oxygen atoms in total. The standard InChI is InChI=1S/C22H18N4O2/c1-15(17-5-3-2-4-6-17)25-22(28)20-13-18(11-12-24-20)21(27)26-19-9-7-16(14-23)8-10-19/h2-13,15H,1H3,(H,25,28)(H,26,27). The van der Waals surface area contributed by atoms with Crippen LogP contribution in [0.15, 0.2) is 72.9 Å². The minimum absolute atomic E-state index is 0.162. The molecule has 3 aromatic rings. The number of carbonyl (C=O) groups is 2. The van der Waals surface area contributed by atoms with E-state index in [1.165, 1.54) is 18.3 Å². The molecule has 3 rings (SSSR count). The van der Waals surface area contributed by atoms with Gasteiger partial charge >= 0.3 is 0 Å². The molecule has 1 heterocycles. The van der Waals surface area contributed by atoms with Crippen LogP contribution in [0, 0.1) is 11.3 Å². The van der Waals surface area contributed by atoms with E-state index in [2.05, 4.69) is 15.6 Å². The van der Waals surface area contributed by atoms with Crippen LogP contribution in [-0.2, 0) is 0 Å². The normalized spacial score (nSPS) is 11.1. The third-order valence-electron chi connectivity index (χ3n) is 4.17. The van der Waals surface area contributed by atoms with E-state index in [4.69, 9.17) is 5.26 Å². The van der Waals surface area contributed by atoms with Crippen LogP contribution in [-0.4, -0.2) is 16.8 Å². The van der Waals surface area contributed by atoms with Gasteiger partial charge in [0.05, 0.1) is 17.7 Å². The molecule has 0 bridgehead atoms. The molecular weight excluding hydrogens is 352 g/mol. The van der Waals surface area contributed by atoms with Gasteiger partial charge in [-0.2, -0.15) is 5.26 Å². The fourth-order valence-electron chi connectivity index (χ4n) is 2.62. The van der Waals surface area contributed by atoms with Gasteiger partial charge in [-0.25, -0.2) is 0 Å². The minimum atomic E-state index is -0.364. The van der Waals surface area contributed by atoms with Crippen molar-refractivity contribution in [1.29, 1.82) is 5.26 Å². The fourth-order valence-corrected chi connectivity index (χ4v) is 2.62. The number of anilines is 1. The topological polar surface area (TPSA) is 94.9 Å². The van der Waals surface area contributed by atoms with E-state index < -0.39 is 0 Å². The molecule has 0 spiro atoms. The van der Waals surface area contributed by atoms with Gasteiger partial charge in [0.1, 0.15) is 5.69 Å². The third kappa shape index (κ3) is 4.59. The van der Waals surface area contributed by atoms with Gasteiger partial charge in [-0.1, -0.05) is 30.3 Å². The first-order chi connectivity index (χ1) is 13.6. The van der Waals surface area contributed by atoms with E-state index in [1.54, 1.807) is 24.3 Å². The summed E-state index contributed by atoms with van der Waals surface area (Å²) in [5.41, 5.74) is 2.52. The van der Waals surface area contributed by atoms with Gasteiger partial charge in [0.25, 0.3) is 11.8 Å². The smallest absolute Gasteiger partial charge is 0.270 e. The number of benzene rings is 2. The van der Waals surface area contributed by atoms with Crippen LogP contribution in [0.5, 0.6) is 0 Å². The molecule has 0 aliphatic carbocycles. The van der Waals surface area contributed by atoms with E-state index >= 15 is 0 Å². The Labute approximate surface area is 162 Å². The summed E-state index contributed by atoms with van der Waals surface area (Å²) in [7, 11) is 0. The number of hydrogen-bond donors (Lipinski definition) is 2.